The van der Waals surface area contributed by atoms with E-state index in [1.54, 1.807) is 24.7 Å². The summed E-state index contributed by atoms with van der Waals surface area (Å²) in [5.74, 6) is 0. The monoisotopic (exact) mass is 252 g/mol. The quantitative estimate of drug-likeness (QED) is 0.744. The maximum Gasteiger partial charge on any atom is 0.238 e. The molecule has 2 aromatic rings. The first-order valence-electron chi connectivity index (χ1n) is 4.90. The number of hydrogen-bond acceptors (Lipinski definition) is 4. The number of nitrogens with two attached hydrogens (primary N) is 1. The van der Waals surface area contributed by atoms with Crippen LogP contribution in [0.4, 0.5) is 5.69 Å². The Morgan fingerprint density at radius 2 is 2.24 bits per heavy atom. The van der Waals surface area contributed by atoms with Gasteiger partial charge in [-0.05, 0) is 18.2 Å². The molecule has 1 aromatic heterocycles. The molecule has 0 bridgehead atoms. The molecule has 0 spiro atoms. The number of benzene rings is 1. The van der Waals surface area contributed by atoms with Crippen molar-refractivity contribution in [1.29, 1.82) is 0 Å². The zero-order valence-electron chi connectivity index (χ0n) is 8.92. The molecule has 0 amide bonds. The molecule has 90 valence electrons. The fourth-order valence-corrected chi connectivity index (χ4v) is 1.92. The number of nitrogens with one attached hydrogen (secondary N) is 2. The first kappa shape index (κ1) is 11.6. The Hall–Kier alpha value is -1.86. The fourth-order valence-electron chi connectivity index (χ4n) is 1.36. The van der Waals surface area contributed by atoms with E-state index < -0.39 is 10.0 Å². The predicted molar refractivity (Wildman–Crippen MR) is 63.7 cm³/mol. The van der Waals surface area contributed by atoms with Gasteiger partial charge in [0.25, 0.3) is 0 Å². The average molecular weight is 252 g/mol. The van der Waals surface area contributed by atoms with Gasteiger partial charge in [0.2, 0.25) is 10.0 Å². The topological polar surface area (TPSA) is 101 Å². The van der Waals surface area contributed by atoms with Gasteiger partial charge in [-0.25, -0.2) is 18.5 Å². The van der Waals surface area contributed by atoms with Crippen LogP contribution in [0.2, 0.25) is 0 Å². The lowest BCUT2D eigenvalue weighted by Crippen LogP contribution is -2.12. The summed E-state index contributed by atoms with van der Waals surface area (Å²) in [4.78, 5) is 6.91. The number of aromatic nitrogens is 2. The minimum Gasteiger partial charge on any atom is -0.379 e. The summed E-state index contributed by atoms with van der Waals surface area (Å²) in [6, 6.07) is 6.35. The van der Waals surface area contributed by atoms with Crippen molar-refractivity contribution in [3.05, 3.63) is 42.5 Å². The number of aromatic amines is 1. The fraction of sp³-hybridized carbons (Fsp3) is 0.100. The molecule has 0 aliphatic rings. The number of sulfonamides is 1. The lowest BCUT2D eigenvalue weighted by Gasteiger charge is -2.06. The maximum atomic E-state index is 11.2. The summed E-state index contributed by atoms with van der Waals surface area (Å²) in [7, 11) is -3.66. The molecule has 0 fully saturated rings. The van der Waals surface area contributed by atoms with Crippen molar-refractivity contribution in [2.24, 2.45) is 5.14 Å². The third kappa shape index (κ3) is 3.05. The molecule has 0 radical (unpaired) electrons. The molecule has 0 atom stereocenters. The molecular weight excluding hydrogens is 240 g/mol. The first-order chi connectivity index (χ1) is 8.05. The van der Waals surface area contributed by atoms with Crippen molar-refractivity contribution >= 4 is 15.7 Å². The Bertz CT molecular complexity index is 593. The van der Waals surface area contributed by atoms with Crippen molar-refractivity contribution in [3.63, 3.8) is 0 Å². The molecule has 4 N–H and O–H groups in total. The molecule has 0 saturated carbocycles. The summed E-state index contributed by atoms with van der Waals surface area (Å²) in [5, 5.41) is 8.11. The SMILES string of the molecule is NS(=O)(=O)c1cccc(NCc2cnc[nH]2)c1. The highest BCUT2D eigenvalue weighted by Gasteiger charge is 2.07. The summed E-state index contributed by atoms with van der Waals surface area (Å²) < 4.78 is 22.3. The van der Waals surface area contributed by atoms with Gasteiger partial charge in [-0.2, -0.15) is 0 Å². The second-order valence-electron chi connectivity index (χ2n) is 3.50. The van der Waals surface area contributed by atoms with Crippen LogP contribution in [0.25, 0.3) is 0 Å². The number of rotatable bonds is 4. The van der Waals surface area contributed by atoms with Crippen LogP contribution in [0.15, 0.2) is 41.7 Å². The molecule has 6 nitrogen and oxygen atoms in total. The van der Waals surface area contributed by atoms with Crippen LogP contribution < -0.4 is 10.5 Å². The van der Waals surface area contributed by atoms with Crippen LogP contribution in [0.1, 0.15) is 5.69 Å². The van der Waals surface area contributed by atoms with Crippen molar-refractivity contribution in [2.45, 2.75) is 11.4 Å². The van der Waals surface area contributed by atoms with Crippen molar-refractivity contribution in [2.75, 3.05) is 5.32 Å². The van der Waals surface area contributed by atoms with E-state index in [0.29, 0.717) is 12.2 Å². The van der Waals surface area contributed by atoms with Gasteiger partial charge in [-0.15, -0.1) is 0 Å². The van der Waals surface area contributed by atoms with Gasteiger partial charge in [0.15, 0.2) is 0 Å². The van der Waals surface area contributed by atoms with Gasteiger partial charge in [0, 0.05) is 11.9 Å². The van der Waals surface area contributed by atoms with Gasteiger partial charge in [0.1, 0.15) is 0 Å². The highest BCUT2D eigenvalue weighted by Crippen LogP contribution is 2.14. The normalized spacial score (nSPS) is 11.4. The van der Waals surface area contributed by atoms with E-state index in [4.69, 9.17) is 5.14 Å². The second-order valence-corrected chi connectivity index (χ2v) is 5.06. The van der Waals surface area contributed by atoms with E-state index in [9.17, 15) is 8.42 Å². The van der Waals surface area contributed by atoms with Gasteiger partial charge < -0.3 is 10.3 Å². The van der Waals surface area contributed by atoms with Crippen LogP contribution >= 0.6 is 0 Å². The molecule has 0 unspecified atom stereocenters. The highest BCUT2D eigenvalue weighted by atomic mass is 32.2. The standard InChI is InChI=1S/C10H12N4O2S/c11-17(15,16)10-3-1-2-8(4-10)13-6-9-5-12-7-14-9/h1-5,7,13H,6H2,(H,12,14)(H2,11,15,16). The minimum absolute atomic E-state index is 0.0899. The summed E-state index contributed by atoms with van der Waals surface area (Å²) in [6.45, 7) is 0.536. The van der Waals surface area contributed by atoms with E-state index in [2.05, 4.69) is 15.3 Å². The minimum atomic E-state index is -3.66. The average Bonchev–Trinajstić information content (AvgIpc) is 2.78. The molecule has 0 saturated heterocycles. The van der Waals surface area contributed by atoms with Crippen LogP contribution in [0, 0.1) is 0 Å². The molecule has 0 aliphatic carbocycles. The Morgan fingerprint density at radius 3 is 2.88 bits per heavy atom. The van der Waals surface area contributed by atoms with E-state index in [1.165, 1.54) is 12.1 Å². The maximum absolute atomic E-state index is 11.2. The van der Waals surface area contributed by atoms with Crippen LogP contribution in [-0.4, -0.2) is 18.4 Å². The molecule has 1 heterocycles. The molecule has 2 rings (SSSR count). The number of imidazole rings is 1. The van der Waals surface area contributed by atoms with Crippen LogP contribution in [0.3, 0.4) is 0 Å². The molecular formula is C10H12N4O2S. The Labute approximate surface area is 98.9 Å². The van der Waals surface area contributed by atoms with Crippen LogP contribution in [0.5, 0.6) is 0 Å². The first-order valence-corrected chi connectivity index (χ1v) is 6.44. The van der Waals surface area contributed by atoms with E-state index in [0.717, 1.165) is 5.69 Å². The molecule has 0 aliphatic heterocycles. The Kier molecular flexibility index (Phi) is 3.12. The number of primary sulfonamides is 1. The zero-order chi connectivity index (χ0) is 12.3. The van der Waals surface area contributed by atoms with Gasteiger partial charge in [-0.1, -0.05) is 6.07 Å². The number of nitrogens with zero attached hydrogens (tertiary/aromatic N) is 1. The molecule has 17 heavy (non-hydrogen) atoms. The number of H-pyrrole nitrogens is 1. The van der Waals surface area contributed by atoms with Crippen molar-refractivity contribution in [3.8, 4) is 0 Å². The largest absolute Gasteiger partial charge is 0.379 e. The number of hydrogen-bond donors (Lipinski definition) is 3. The Morgan fingerprint density at radius 1 is 1.41 bits per heavy atom. The summed E-state index contributed by atoms with van der Waals surface area (Å²) in [5.41, 5.74) is 1.59. The van der Waals surface area contributed by atoms with Gasteiger partial charge in [0.05, 0.1) is 23.5 Å². The third-order valence-corrected chi connectivity index (χ3v) is 3.11. The smallest absolute Gasteiger partial charge is 0.238 e. The highest BCUT2D eigenvalue weighted by molar-refractivity contribution is 7.89. The lowest BCUT2D eigenvalue weighted by molar-refractivity contribution is 0.598. The van der Waals surface area contributed by atoms with Crippen molar-refractivity contribution < 1.29 is 8.42 Å². The zero-order valence-corrected chi connectivity index (χ0v) is 9.74. The van der Waals surface area contributed by atoms with Crippen molar-refractivity contribution in [1.82, 2.24) is 9.97 Å². The molecule has 1 aromatic carbocycles. The van der Waals surface area contributed by atoms with E-state index in [-0.39, 0.29) is 4.90 Å². The van der Waals surface area contributed by atoms with E-state index >= 15 is 0 Å². The Balaban J connectivity index is 2.12. The summed E-state index contributed by atoms with van der Waals surface area (Å²) in [6.07, 6.45) is 3.27. The molecule has 7 heteroatoms. The van der Waals surface area contributed by atoms with Crippen LogP contribution in [-0.2, 0) is 16.6 Å². The van der Waals surface area contributed by atoms with Gasteiger partial charge >= 0.3 is 0 Å². The summed E-state index contributed by atoms with van der Waals surface area (Å²) >= 11 is 0. The predicted octanol–water partition coefficient (Wildman–Crippen LogP) is 0.669. The lowest BCUT2D eigenvalue weighted by atomic mass is 10.3. The van der Waals surface area contributed by atoms with E-state index in [1.807, 2.05) is 0 Å². The number of anilines is 1. The van der Waals surface area contributed by atoms with Gasteiger partial charge in [-0.3, -0.25) is 0 Å². The third-order valence-electron chi connectivity index (χ3n) is 2.20. The second kappa shape index (κ2) is 4.56.